The van der Waals surface area contributed by atoms with E-state index in [2.05, 4.69) is 24.5 Å². The van der Waals surface area contributed by atoms with Gasteiger partial charge in [-0.15, -0.1) is 0 Å². The van der Waals surface area contributed by atoms with Crippen molar-refractivity contribution in [1.29, 1.82) is 0 Å². The van der Waals surface area contributed by atoms with Gasteiger partial charge in [0.05, 0.1) is 6.67 Å². The van der Waals surface area contributed by atoms with Crippen molar-refractivity contribution < 1.29 is 19.2 Å². The SMILES string of the molecule is CCCCCCCCCCCCCCCCCC(=O)NCNC(=O)CCCCCCCCCCCCCCCCC.NC(=O)CCCCCCCCCCCCCCCCCCCCCCCCCCCCCCCCCCCC(N)=O. The van der Waals surface area contributed by atoms with Crippen molar-refractivity contribution in [2.24, 2.45) is 11.5 Å². The molecular weight excluding hydrogens is 1010 g/mol. The van der Waals surface area contributed by atoms with Crippen LogP contribution in [-0.2, 0) is 19.2 Å². The molecule has 0 radical (unpaired) electrons. The molecule has 0 bridgehead atoms. The van der Waals surface area contributed by atoms with E-state index in [4.69, 9.17) is 11.5 Å². The first-order valence-electron chi connectivity index (χ1n) is 37.4. The van der Waals surface area contributed by atoms with E-state index in [1.54, 1.807) is 0 Å². The number of carbonyl (C=O) groups is 4. The van der Waals surface area contributed by atoms with E-state index in [9.17, 15) is 19.2 Å². The third-order valence-electron chi connectivity index (χ3n) is 17.4. The Morgan fingerprint density at radius 1 is 0.195 bits per heavy atom. The highest BCUT2D eigenvalue weighted by Gasteiger charge is 2.05. The van der Waals surface area contributed by atoms with E-state index in [0.29, 0.717) is 25.7 Å². The predicted molar refractivity (Wildman–Crippen MR) is 360 cm³/mol. The maximum absolute atomic E-state index is 12.0. The van der Waals surface area contributed by atoms with Crippen LogP contribution in [0.25, 0.3) is 0 Å². The zero-order valence-corrected chi connectivity index (χ0v) is 55.9. The van der Waals surface area contributed by atoms with Crippen molar-refractivity contribution in [1.82, 2.24) is 10.6 Å². The van der Waals surface area contributed by atoms with Gasteiger partial charge in [-0.3, -0.25) is 19.2 Å². The molecule has 0 saturated heterocycles. The molecule has 488 valence electrons. The van der Waals surface area contributed by atoms with Gasteiger partial charge >= 0.3 is 0 Å². The zero-order chi connectivity index (χ0) is 59.8. The molecule has 6 N–H and O–H groups in total. The fourth-order valence-corrected chi connectivity index (χ4v) is 11.8. The van der Waals surface area contributed by atoms with Crippen molar-refractivity contribution in [2.45, 2.75) is 444 Å². The summed E-state index contributed by atoms with van der Waals surface area (Å²) in [4.78, 5) is 45.4. The van der Waals surface area contributed by atoms with Crippen LogP contribution >= 0.6 is 0 Å². The number of nitrogens with one attached hydrogen (secondary N) is 2. The maximum atomic E-state index is 12.0. The van der Waals surface area contributed by atoms with E-state index in [1.807, 2.05) is 0 Å². The largest absolute Gasteiger partial charge is 0.370 e. The third-order valence-corrected chi connectivity index (χ3v) is 17.4. The Balaban J connectivity index is 0. The minimum absolute atomic E-state index is 0.0620. The van der Waals surface area contributed by atoms with Crippen LogP contribution in [0.2, 0.25) is 0 Å². The zero-order valence-electron chi connectivity index (χ0n) is 55.9. The van der Waals surface area contributed by atoms with Gasteiger partial charge in [-0.2, -0.15) is 0 Å². The normalized spacial score (nSPS) is 11.2. The summed E-state index contributed by atoms with van der Waals surface area (Å²) < 4.78 is 0. The quantitative estimate of drug-likeness (QED) is 0.0355. The molecule has 82 heavy (non-hydrogen) atoms. The number of hydrogen-bond acceptors (Lipinski definition) is 4. The minimum atomic E-state index is -0.152. The van der Waals surface area contributed by atoms with Crippen molar-refractivity contribution in [3.63, 3.8) is 0 Å². The standard InChI is InChI=1S/2C37H74N2O2/c1-3-5-7-9-11-13-15-17-19-21-23-25-27-29-31-33-36(40)38-35-39-37(41)34-32-30-28-26-24-22-20-18-16-14-12-10-8-6-4-2;38-36(40)34-32-30-28-26-24-22-20-18-16-14-12-10-8-6-4-2-1-3-5-7-9-11-13-15-17-19-21-23-25-27-29-31-33-35-37(39)41/h3-35H2,1-2H3,(H,38,40)(H,39,41);1-35H2,(H2,38,40)(H2,39,41). The molecule has 0 aliphatic carbocycles. The molecule has 0 spiro atoms. The Morgan fingerprint density at radius 2 is 0.317 bits per heavy atom. The van der Waals surface area contributed by atoms with Gasteiger partial charge in [-0.05, 0) is 25.7 Å². The molecule has 8 nitrogen and oxygen atoms in total. The van der Waals surface area contributed by atoms with Crippen LogP contribution in [0.3, 0.4) is 0 Å². The number of hydrogen-bond donors (Lipinski definition) is 4. The van der Waals surface area contributed by atoms with Crippen molar-refractivity contribution in [3.05, 3.63) is 0 Å². The number of rotatable bonds is 70. The minimum Gasteiger partial charge on any atom is -0.370 e. The highest BCUT2D eigenvalue weighted by molar-refractivity contribution is 5.78. The Labute approximate surface area is 513 Å². The Bertz CT molecular complexity index is 1170. The summed E-state index contributed by atoms with van der Waals surface area (Å²) in [5.41, 5.74) is 10.3. The van der Waals surface area contributed by atoms with Crippen LogP contribution in [0.1, 0.15) is 444 Å². The molecule has 8 heteroatoms. The molecule has 0 heterocycles. The van der Waals surface area contributed by atoms with E-state index >= 15 is 0 Å². The van der Waals surface area contributed by atoms with Crippen LogP contribution in [0.15, 0.2) is 0 Å². The van der Waals surface area contributed by atoms with Gasteiger partial charge in [0.1, 0.15) is 0 Å². The van der Waals surface area contributed by atoms with Gasteiger partial charge in [0, 0.05) is 25.7 Å². The first kappa shape index (κ1) is 81.9. The first-order valence-corrected chi connectivity index (χ1v) is 37.4. The van der Waals surface area contributed by atoms with Crippen LogP contribution in [0, 0.1) is 0 Å². The summed E-state index contributed by atoms with van der Waals surface area (Å²) in [6.45, 7) is 4.83. The Morgan fingerprint density at radius 3 is 0.451 bits per heavy atom. The summed E-state index contributed by atoms with van der Waals surface area (Å²) >= 11 is 0. The van der Waals surface area contributed by atoms with Crippen LogP contribution in [0.5, 0.6) is 0 Å². The summed E-state index contributed by atoms with van der Waals surface area (Å²) in [6, 6.07) is 0. The Kier molecular flexibility index (Phi) is 74.9. The molecule has 0 aromatic heterocycles. The highest BCUT2D eigenvalue weighted by atomic mass is 16.2. The summed E-state index contributed by atoms with van der Waals surface area (Å²) in [6.07, 6.45) is 87.6. The molecule has 0 atom stereocenters. The molecule has 0 aliphatic heterocycles. The van der Waals surface area contributed by atoms with E-state index in [0.717, 1.165) is 51.4 Å². The topological polar surface area (TPSA) is 144 Å². The number of nitrogens with two attached hydrogens (primary N) is 2. The summed E-state index contributed by atoms with van der Waals surface area (Å²) in [5.74, 6) is -0.181. The number of carbonyl (C=O) groups excluding carboxylic acids is 4. The molecule has 4 amide bonds. The fourth-order valence-electron chi connectivity index (χ4n) is 11.8. The second kappa shape index (κ2) is 75.0. The average molecular weight is 1160 g/mol. The Hall–Kier alpha value is -2.12. The molecular formula is C74H148N4O4. The van der Waals surface area contributed by atoms with Gasteiger partial charge in [0.25, 0.3) is 0 Å². The smallest absolute Gasteiger partial charge is 0.221 e. The summed E-state index contributed by atoms with van der Waals surface area (Å²) in [5, 5.41) is 5.69. The van der Waals surface area contributed by atoms with E-state index in [-0.39, 0.29) is 30.3 Å². The lowest BCUT2D eigenvalue weighted by molar-refractivity contribution is -0.123. The number of unbranched alkanes of at least 4 members (excludes halogenated alkanes) is 60. The monoisotopic (exact) mass is 1160 g/mol. The first-order chi connectivity index (χ1) is 40.3. The van der Waals surface area contributed by atoms with Crippen molar-refractivity contribution >= 4 is 23.6 Å². The van der Waals surface area contributed by atoms with Crippen molar-refractivity contribution in [3.8, 4) is 0 Å². The van der Waals surface area contributed by atoms with Gasteiger partial charge in [0.15, 0.2) is 0 Å². The third kappa shape index (κ3) is 79.9. The lowest BCUT2D eigenvalue weighted by atomic mass is 10.0. The molecule has 0 rings (SSSR count). The van der Waals surface area contributed by atoms with Gasteiger partial charge < -0.3 is 22.1 Å². The van der Waals surface area contributed by atoms with Gasteiger partial charge in [-0.25, -0.2) is 0 Å². The molecule has 0 unspecified atom stereocenters. The fraction of sp³-hybridized carbons (Fsp3) is 0.946. The molecule has 0 aliphatic rings. The number of amides is 4. The van der Waals surface area contributed by atoms with Crippen LogP contribution in [-0.4, -0.2) is 30.3 Å². The summed E-state index contributed by atoms with van der Waals surface area (Å²) in [7, 11) is 0. The molecule has 0 aromatic rings. The van der Waals surface area contributed by atoms with Crippen LogP contribution in [0.4, 0.5) is 0 Å². The second-order valence-electron chi connectivity index (χ2n) is 25.9. The average Bonchev–Trinajstić information content (AvgIpc) is 3.46. The van der Waals surface area contributed by atoms with E-state index < -0.39 is 0 Å². The maximum Gasteiger partial charge on any atom is 0.221 e. The molecule has 0 fully saturated rings. The lowest BCUT2D eigenvalue weighted by Gasteiger charge is -2.08. The molecule has 0 aromatic carbocycles. The lowest BCUT2D eigenvalue weighted by Crippen LogP contribution is -2.37. The predicted octanol–water partition coefficient (Wildman–Crippen LogP) is 23.3. The van der Waals surface area contributed by atoms with Crippen LogP contribution < -0.4 is 22.1 Å². The highest BCUT2D eigenvalue weighted by Crippen LogP contribution is 2.19. The van der Waals surface area contributed by atoms with E-state index in [1.165, 1.54) is 353 Å². The molecule has 0 saturated carbocycles. The van der Waals surface area contributed by atoms with Gasteiger partial charge in [0.2, 0.25) is 23.6 Å². The van der Waals surface area contributed by atoms with Gasteiger partial charge in [-0.1, -0.05) is 393 Å². The second-order valence-corrected chi connectivity index (χ2v) is 25.9. The number of primary amides is 2. The van der Waals surface area contributed by atoms with Crippen molar-refractivity contribution in [2.75, 3.05) is 6.67 Å².